The molecule has 1 aliphatic carbocycles. The van der Waals surface area contributed by atoms with Gasteiger partial charge in [-0.2, -0.15) is 0 Å². The molecule has 0 saturated carbocycles. The van der Waals surface area contributed by atoms with Crippen molar-refractivity contribution in [1.29, 1.82) is 0 Å². The van der Waals surface area contributed by atoms with Gasteiger partial charge in [0.15, 0.2) is 5.16 Å². The summed E-state index contributed by atoms with van der Waals surface area (Å²) in [4.78, 5) is 32.2. The molecular formula is C22H25N3O2S2. The lowest BCUT2D eigenvalue weighted by Crippen LogP contribution is -2.35. The van der Waals surface area contributed by atoms with Crippen molar-refractivity contribution in [1.82, 2.24) is 14.9 Å². The molecule has 0 aliphatic heterocycles. The maximum Gasteiger partial charge on any atom is 0.262 e. The summed E-state index contributed by atoms with van der Waals surface area (Å²) in [6.07, 6.45) is 5.13. The van der Waals surface area contributed by atoms with Gasteiger partial charge in [0.2, 0.25) is 5.91 Å². The molecule has 0 radical (unpaired) electrons. The van der Waals surface area contributed by atoms with Crippen LogP contribution in [-0.2, 0) is 31.1 Å². The highest BCUT2D eigenvalue weighted by Crippen LogP contribution is 2.34. The van der Waals surface area contributed by atoms with Crippen LogP contribution in [0.3, 0.4) is 0 Å². The number of thioether (sulfide) groups is 1. The fourth-order valence-electron chi connectivity index (χ4n) is 3.86. The zero-order valence-corrected chi connectivity index (χ0v) is 18.4. The van der Waals surface area contributed by atoms with E-state index in [1.165, 1.54) is 34.2 Å². The molecule has 1 aliphatic rings. The van der Waals surface area contributed by atoms with E-state index in [1.54, 1.807) is 23.0 Å². The van der Waals surface area contributed by atoms with Crippen molar-refractivity contribution >= 4 is 39.2 Å². The number of nitrogens with one attached hydrogen (secondary N) is 1. The zero-order valence-electron chi connectivity index (χ0n) is 16.7. The number of aromatic nitrogens is 2. The van der Waals surface area contributed by atoms with Gasteiger partial charge in [-0.1, -0.05) is 42.1 Å². The third kappa shape index (κ3) is 4.41. The maximum absolute atomic E-state index is 12.9. The predicted octanol–water partition coefficient (Wildman–Crippen LogP) is 3.71. The zero-order chi connectivity index (χ0) is 20.4. The van der Waals surface area contributed by atoms with Crippen molar-refractivity contribution in [2.24, 2.45) is 7.05 Å². The van der Waals surface area contributed by atoms with Crippen LogP contribution < -0.4 is 10.9 Å². The SMILES string of the molecule is C[C@@H](Cc1ccccc1)NC(=O)CSc1nc2sc3c(c2c(=O)n1C)CCCC3. The van der Waals surface area contributed by atoms with Crippen molar-refractivity contribution in [3.63, 3.8) is 0 Å². The van der Waals surface area contributed by atoms with Crippen molar-refractivity contribution in [3.8, 4) is 0 Å². The standard InChI is InChI=1S/C22H25N3O2S2/c1-14(12-15-8-4-3-5-9-15)23-18(26)13-28-22-24-20-19(21(27)25(22)2)16-10-6-7-11-17(16)29-20/h3-5,8-9,14H,6-7,10-13H2,1-2H3,(H,23,26)/t14-/m0/s1. The molecule has 1 aromatic carbocycles. The smallest absolute Gasteiger partial charge is 0.262 e. The van der Waals surface area contributed by atoms with Gasteiger partial charge in [0.25, 0.3) is 5.56 Å². The molecule has 3 aromatic rings. The van der Waals surface area contributed by atoms with E-state index in [9.17, 15) is 9.59 Å². The van der Waals surface area contributed by atoms with E-state index >= 15 is 0 Å². The number of rotatable bonds is 6. The Morgan fingerprint density at radius 2 is 2.03 bits per heavy atom. The second kappa shape index (κ2) is 8.71. The number of fused-ring (bicyclic) bond motifs is 3. The number of carbonyl (C=O) groups is 1. The van der Waals surface area contributed by atoms with Crippen LogP contribution >= 0.6 is 23.1 Å². The minimum Gasteiger partial charge on any atom is -0.353 e. The maximum atomic E-state index is 12.9. The van der Waals surface area contributed by atoms with Crippen molar-refractivity contribution in [2.45, 2.75) is 50.2 Å². The molecule has 1 atom stereocenters. The van der Waals surface area contributed by atoms with E-state index in [4.69, 9.17) is 4.98 Å². The second-order valence-corrected chi connectivity index (χ2v) is 9.62. The number of hydrogen-bond donors (Lipinski definition) is 1. The van der Waals surface area contributed by atoms with Gasteiger partial charge < -0.3 is 5.32 Å². The van der Waals surface area contributed by atoms with Gasteiger partial charge in [-0.3, -0.25) is 14.2 Å². The van der Waals surface area contributed by atoms with Gasteiger partial charge in [0.1, 0.15) is 4.83 Å². The summed E-state index contributed by atoms with van der Waals surface area (Å²) in [5.74, 6) is 0.203. The third-order valence-electron chi connectivity index (χ3n) is 5.28. The summed E-state index contributed by atoms with van der Waals surface area (Å²) in [5.41, 5.74) is 2.41. The molecule has 2 heterocycles. The molecular weight excluding hydrogens is 402 g/mol. The third-order valence-corrected chi connectivity index (χ3v) is 7.50. The Balaban J connectivity index is 1.43. The molecule has 5 nitrogen and oxygen atoms in total. The quantitative estimate of drug-likeness (QED) is 0.481. The first kappa shape index (κ1) is 20.2. The van der Waals surface area contributed by atoms with Gasteiger partial charge in [0.05, 0.1) is 11.1 Å². The topological polar surface area (TPSA) is 64.0 Å². The van der Waals surface area contributed by atoms with Crippen LogP contribution in [0.1, 0.15) is 35.8 Å². The van der Waals surface area contributed by atoms with E-state index in [1.807, 2.05) is 25.1 Å². The van der Waals surface area contributed by atoms with E-state index in [0.29, 0.717) is 5.16 Å². The van der Waals surface area contributed by atoms with Crippen LogP contribution in [0, 0.1) is 0 Å². The van der Waals surface area contributed by atoms with Crippen molar-refractivity contribution < 1.29 is 4.79 Å². The average molecular weight is 428 g/mol. The number of nitrogens with zero attached hydrogens (tertiary/aromatic N) is 2. The second-order valence-electron chi connectivity index (χ2n) is 7.60. The van der Waals surface area contributed by atoms with Gasteiger partial charge in [-0.05, 0) is 50.2 Å². The average Bonchev–Trinajstić information content (AvgIpc) is 3.08. The summed E-state index contributed by atoms with van der Waals surface area (Å²) >= 11 is 2.97. The Morgan fingerprint density at radius 1 is 1.28 bits per heavy atom. The fraction of sp³-hybridized carbons (Fsp3) is 0.409. The number of amides is 1. The molecule has 7 heteroatoms. The predicted molar refractivity (Wildman–Crippen MR) is 120 cm³/mol. The van der Waals surface area contributed by atoms with Gasteiger partial charge in [-0.25, -0.2) is 4.98 Å². The van der Waals surface area contributed by atoms with E-state index < -0.39 is 0 Å². The van der Waals surface area contributed by atoms with Crippen LogP contribution in [0.4, 0.5) is 0 Å². The molecule has 0 saturated heterocycles. The molecule has 29 heavy (non-hydrogen) atoms. The van der Waals surface area contributed by atoms with Crippen LogP contribution in [0.25, 0.3) is 10.2 Å². The van der Waals surface area contributed by atoms with Crippen molar-refractivity contribution in [2.75, 3.05) is 5.75 Å². The highest BCUT2D eigenvalue weighted by Gasteiger charge is 2.21. The Hall–Kier alpha value is -2.12. The first-order valence-corrected chi connectivity index (χ1v) is 11.8. The largest absolute Gasteiger partial charge is 0.353 e. The number of carbonyl (C=O) groups excluding carboxylic acids is 1. The Labute approximate surface area is 178 Å². The Kier molecular flexibility index (Phi) is 6.06. The summed E-state index contributed by atoms with van der Waals surface area (Å²) in [5, 5.41) is 4.43. The fourth-order valence-corrected chi connectivity index (χ4v) is 5.95. The molecule has 0 bridgehead atoms. The summed E-state index contributed by atoms with van der Waals surface area (Å²) in [6.45, 7) is 2.01. The highest BCUT2D eigenvalue weighted by atomic mass is 32.2. The molecule has 1 amide bonds. The van der Waals surface area contributed by atoms with E-state index in [-0.39, 0.29) is 23.3 Å². The molecule has 0 spiro atoms. The number of aryl methyl sites for hydroxylation is 2. The van der Waals surface area contributed by atoms with E-state index in [0.717, 1.165) is 35.9 Å². The Bertz CT molecular complexity index is 1090. The summed E-state index contributed by atoms with van der Waals surface area (Å²) in [7, 11) is 1.75. The van der Waals surface area contributed by atoms with Crippen LogP contribution in [0.15, 0.2) is 40.3 Å². The first-order valence-electron chi connectivity index (χ1n) is 10.0. The van der Waals surface area contributed by atoms with Crippen LogP contribution in [0.5, 0.6) is 0 Å². The minimum atomic E-state index is -0.0433. The number of hydrogen-bond acceptors (Lipinski definition) is 5. The molecule has 152 valence electrons. The number of benzene rings is 1. The number of thiophene rings is 1. The van der Waals surface area contributed by atoms with Gasteiger partial charge >= 0.3 is 0 Å². The lowest BCUT2D eigenvalue weighted by atomic mass is 9.97. The molecule has 0 fully saturated rings. The van der Waals surface area contributed by atoms with Crippen LogP contribution in [-0.4, -0.2) is 27.3 Å². The Morgan fingerprint density at radius 3 is 2.83 bits per heavy atom. The monoisotopic (exact) mass is 427 g/mol. The molecule has 0 unspecified atom stereocenters. The molecule has 2 aromatic heterocycles. The minimum absolute atomic E-state index is 0.00903. The molecule has 4 rings (SSSR count). The first-order chi connectivity index (χ1) is 14.0. The van der Waals surface area contributed by atoms with Gasteiger partial charge in [0, 0.05) is 18.0 Å². The lowest BCUT2D eigenvalue weighted by Gasteiger charge is -2.14. The van der Waals surface area contributed by atoms with E-state index in [2.05, 4.69) is 17.4 Å². The molecule has 1 N–H and O–H groups in total. The normalized spacial score (nSPS) is 14.6. The summed E-state index contributed by atoms with van der Waals surface area (Å²) in [6, 6.07) is 10.2. The van der Waals surface area contributed by atoms with Gasteiger partial charge in [-0.15, -0.1) is 11.3 Å². The highest BCUT2D eigenvalue weighted by molar-refractivity contribution is 7.99. The van der Waals surface area contributed by atoms with Crippen molar-refractivity contribution in [3.05, 3.63) is 56.7 Å². The lowest BCUT2D eigenvalue weighted by molar-refractivity contribution is -0.119. The summed E-state index contributed by atoms with van der Waals surface area (Å²) < 4.78 is 1.59. The van der Waals surface area contributed by atoms with Crippen LogP contribution in [0.2, 0.25) is 0 Å².